The van der Waals surface area contributed by atoms with E-state index in [4.69, 9.17) is 14.7 Å². The molecule has 2 aromatic carbocycles. The molecule has 0 bridgehead atoms. The van der Waals surface area contributed by atoms with Crippen LogP contribution in [0, 0.1) is 0 Å². The third-order valence-corrected chi connectivity index (χ3v) is 4.99. The summed E-state index contributed by atoms with van der Waals surface area (Å²) in [6.45, 7) is 6.95. The molecule has 1 aromatic heterocycles. The number of ether oxygens (including phenoxy) is 1. The molecule has 1 aliphatic rings. The normalized spacial score (nSPS) is 14.1. The van der Waals surface area contributed by atoms with Crippen LogP contribution >= 0.6 is 0 Å². The van der Waals surface area contributed by atoms with Gasteiger partial charge in [0.2, 0.25) is 5.95 Å². The van der Waals surface area contributed by atoms with Crippen LogP contribution in [0.25, 0.3) is 11.3 Å². The number of hydrogen-bond donors (Lipinski definition) is 0. The second kappa shape index (κ2) is 8.85. The van der Waals surface area contributed by atoms with Crippen molar-refractivity contribution in [1.29, 1.82) is 0 Å². The van der Waals surface area contributed by atoms with Crippen LogP contribution in [0.4, 0.5) is 11.8 Å². The maximum atomic E-state index is 5.51. The van der Waals surface area contributed by atoms with E-state index in [-0.39, 0.29) is 0 Å². The van der Waals surface area contributed by atoms with Gasteiger partial charge in [0, 0.05) is 37.8 Å². The van der Waals surface area contributed by atoms with Gasteiger partial charge in [0.1, 0.15) is 5.82 Å². The molecule has 0 spiro atoms. The van der Waals surface area contributed by atoms with Gasteiger partial charge in [0.15, 0.2) is 0 Å². The van der Waals surface area contributed by atoms with Crippen molar-refractivity contribution in [3.8, 4) is 11.3 Å². The van der Waals surface area contributed by atoms with Gasteiger partial charge in [0.25, 0.3) is 0 Å². The Bertz CT molecular complexity index is 880. The summed E-state index contributed by atoms with van der Waals surface area (Å²) < 4.78 is 5.51. The van der Waals surface area contributed by atoms with Crippen molar-refractivity contribution >= 4 is 11.8 Å². The first-order chi connectivity index (χ1) is 13.8. The summed E-state index contributed by atoms with van der Waals surface area (Å²) in [5.41, 5.74) is 3.34. The van der Waals surface area contributed by atoms with Crippen LogP contribution in [-0.2, 0) is 11.3 Å². The van der Waals surface area contributed by atoms with Crippen LogP contribution in [0.1, 0.15) is 12.5 Å². The molecule has 1 aliphatic heterocycles. The lowest BCUT2D eigenvalue weighted by atomic mass is 10.1. The summed E-state index contributed by atoms with van der Waals surface area (Å²) in [5.74, 6) is 1.74. The van der Waals surface area contributed by atoms with Crippen LogP contribution in [0.2, 0.25) is 0 Å². The van der Waals surface area contributed by atoms with E-state index in [9.17, 15) is 0 Å². The Morgan fingerprint density at radius 3 is 2.29 bits per heavy atom. The van der Waals surface area contributed by atoms with E-state index in [0.717, 1.165) is 62.4 Å². The fourth-order valence-corrected chi connectivity index (χ4v) is 3.40. The first kappa shape index (κ1) is 18.4. The quantitative estimate of drug-likeness (QED) is 0.652. The van der Waals surface area contributed by atoms with E-state index in [0.29, 0.717) is 0 Å². The summed E-state index contributed by atoms with van der Waals surface area (Å²) in [6, 6.07) is 23.0. The van der Waals surface area contributed by atoms with Gasteiger partial charge < -0.3 is 14.5 Å². The smallest absolute Gasteiger partial charge is 0.228 e. The van der Waals surface area contributed by atoms with Crippen LogP contribution < -0.4 is 9.80 Å². The van der Waals surface area contributed by atoms with E-state index in [1.54, 1.807) is 0 Å². The lowest BCUT2D eigenvalue weighted by Crippen LogP contribution is -2.37. The fourth-order valence-electron chi connectivity index (χ4n) is 3.40. The maximum Gasteiger partial charge on any atom is 0.228 e. The molecule has 0 N–H and O–H groups in total. The Balaban J connectivity index is 1.71. The number of benzene rings is 2. The molecule has 3 aromatic rings. The van der Waals surface area contributed by atoms with Gasteiger partial charge in [-0.3, -0.25) is 0 Å². The number of nitrogens with zero attached hydrogens (tertiary/aromatic N) is 4. The number of morpholine rings is 1. The predicted molar refractivity (Wildman–Crippen MR) is 114 cm³/mol. The number of hydrogen-bond acceptors (Lipinski definition) is 5. The molecule has 0 aliphatic carbocycles. The summed E-state index contributed by atoms with van der Waals surface area (Å²) in [5, 5.41) is 0. The predicted octanol–water partition coefficient (Wildman–Crippen LogP) is 4.01. The Morgan fingerprint density at radius 2 is 1.61 bits per heavy atom. The molecule has 1 fully saturated rings. The van der Waals surface area contributed by atoms with E-state index in [2.05, 4.69) is 65.3 Å². The molecule has 144 valence electrons. The van der Waals surface area contributed by atoms with Crippen molar-refractivity contribution in [2.45, 2.75) is 13.5 Å². The minimum absolute atomic E-state index is 0.718. The SMILES string of the molecule is CCN(Cc1ccccc1)c1cc(-c2ccccc2)nc(N2CCOCC2)n1. The Hall–Kier alpha value is -2.92. The van der Waals surface area contributed by atoms with Crippen molar-refractivity contribution in [2.24, 2.45) is 0 Å². The van der Waals surface area contributed by atoms with Gasteiger partial charge in [0.05, 0.1) is 18.9 Å². The molecule has 5 nitrogen and oxygen atoms in total. The standard InChI is InChI=1S/C23H26N4O/c1-2-26(18-19-9-5-3-6-10-19)22-17-21(20-11-7-4-8-12-20)24-23(25-22)27-13-15-28-16-14-27/h3-12,17H,2,13-16,18H2,1H3. The molecule has 0 amide bonds. The zero-order valence-electron chi connectivity index (χ0n) is 16.3. The van der Waals surface area contributed by atoms with Crippen molar-refractivity contribution < 1.29 is 4.74 Å². The average molecular weight is 374 g/mol. The van der Waals surface area contributed by atoms with Crippen molar-refractivity contribution in [3.05, 3.63) is 72.3 Å². The Kier molecular flexibility index (Phi) is 5.83. The minimum atomic E-state index is 0.718. The van der Waals surface area contributed by atoms with E-state index >= 15 is 0 Å². The van der Waals surface area contributed by atoms with Crippen LogP contribution in [0.15, 0.2) is 66.7 Å². The molecule has 0 atom stereocenters. The lowest BCUT2D eigenvalue weighted by Gasteiger charge is -2.29. The topological polar surface area (TPSA) is 41.5 Å². The van der Waals surface area contributed by atoms with E-state index < -0.39 is 0 Å². The molecule has 0 unspecified atom stereocenters. The molecular weight excluding hydrogens is 348 g/mol. The van der Waals surface area contributed by atoms with Crippen LogP contribution in [-0.4, -0.2) is 42.8 Å². The molecule has 1 saturated heterocycles. The summed E-state index contributed by atoms with van der Waals surface area (Å²) in [7, 11) is 0. The highest BCUT2D eigenvalue weighted by molar-refractivity contribution is 5.65. The first-order valence-electron chi connectivity index (χ1n) is 9.89. The second-order valence-corrected chi connectivity index (χ2v) is 6.88. The third kappa shape index (κ3) is 4.31. The largest absolute Gasteiger partial charge is 0.378 e. The van der Waals surface area contributed by atoms with E-state index in [1.807, 2.05) is 18.2 Å². The molecule has 0 saturated carbocycles. The zero-order chi connectivity index (χ0) is 19.2. The number of aromatic nitrogens is 2. The van der Waals surface area contributed by atoms with Gasteiger partial charge in [-0.1, -0.05) is 60.7 Å². The zero-order valence-corrected chi connectivity index (χ0v) is 16.3. The molecule has 4 rings (SSSR count). The summed E-state index contributed by atoms with van der Waals surface area (Å²) in [4.78, 5) is 14.3. The van der Waals surface area contributed by atoms with Crippen LogP contribution in [0.3, 0.4) is 0 Å². The van der Waals surface area contributed by atoms with E-state index in [1.165, 1.54) is 5.56 Å². The molecule has 5 heteroatoms. The van der Waals surface area contributed by atoms with Crippen molar-refractivity contribution in [2.75, 3.05) is 42.6 Å². The summed E-state index contributed by atoms with van der Waals surface area (Å²) >= 11 is 0. The molecule has 28 heavy (non-hydrogen) atoms. The Morgan fingerprint density at radius 1 is 0.929 bits per heavy atom. The van der Waals surface area contributed by atoms with Gasteiger partial charge in [-0.05, 0) is 12.5 Å². The monoisotopic (exact) mass is 374 g/mol. The van der Waals surface area contributed by atoms with Gasteiger partial charge >= 0.3 is 0 Å². The molecule has 2 heterocycles. The second-order valence-electron chi connectivity index (χ2n) is 6.88. The third-order valence-electron chi connectivity index (χ3n) is 4.99. The molecular formula is C23H26N4O. The average Bonchev–Trinajstić information content (AvgIpc) is 2.79. The summed E-state index contributed by atoms with van der Waals surface area (Å²) in [6.07, 6.45) is 0. The number of anilines is 2. The van der Waals surface area contributed by atoms with Crippen LogP contribution in [0.5, 0.6) is 0 Å². The highest BCUT2D eigenvalue weighted by Gasteiger charge is 2.18. The molecule has 0 radical (unpaired) electrons. The Labute approximate surface area is 166 Å². The number of rotatable bonds is 6. The van der Waals surface area contributed by atoms with Crippen molar-refractivity contribution in [1.82, 2.24) is 9.97 Å². The van der Waals surface area contributed by atoms with Gasteiger partial charge in [-0.2, -0.15) is 4.98 Å². The van der Waals surface area contributed by atoms with Crippen molar-refractivity contribution in [3.63, 3.8) is 0 Å². The fraction of sp³-hybridized carbons (Fsp3) is 0.304. The minimum Gasteiger partial charge on any atom is -0.378 e. The maximum absolute atomic E-state index is 5.51. The first-order valence-corrected chi connectivity index (χ1v) is 9.89. The highest BCUT2D eigenvalue weighted by atomic mass is 16.5. The van der Waals surface area contributed by atoms with Gasteiger partial charge in [-0.25, -0.2) is 4.98 Å². The lowest BCUT2D eigenvalue weighted by molar-refractivity contribution is 0.122. The van der Waals surface area contributed by atoms with Gasteiger partial charge in [-0.15, -0.1) is 0 Å². The highest BCUT2D eigenvalue weighted by Crippen LogP contribution is 2.26.